The van der Waals surface area contributed by atoms with Crippen LogP contribution in [0.25, 0.3) is 11.4 Å². The van der Waals surface area contributed by atoms with Crippen LogP contribution in [0.15, 0.2) is 36.5 Å². The summed E-state index contributed by atoms with van der Waals surface area (Å²) in [4.78, 5) is 23.8. The number of anilines is 2. The van der Waals surface area contributed by atoms with Crippen LogP contribution in [-0.2, 0) is 7.05 Å². The fourth-order valence-electron chi connectivity index (χ4n) is 3.42. The molecule has 4 rings (SSSR count). The monoisotopic (exact) mass is 459 g/mol. The van der Waals surface area contributed by atoms with Crippen molar-refractivity contribution in [1.29, 1.82) is 0 Å². The highest BCUT2D eigenvalue weighted by Gasteiger charge is 2.20. The summed E-state index contributed by atoms with van der Waals surface area (Å²) in [5, 5.41) is 11.6. The Balaban J connectivity index is 1.48. The zero-order chi connectivity index (χ0) is 22.0. The molecule has 0 radical (unpaired) electrons. The molecule has 0 unspecified atom stereocenters. The maximum absolute atomic E-state index is 12.7. The van der Waals surface area contributed by atoms with Gasteiger partial charge < -0.3 is 15.5 Å². The lowest BCUT2D eigenvalue weighted by Crippen LogP contribution is -2.47. The first-order valence-corrected chi connectivity index (χ1v) is 10.8. The van der Waals surface area contributed by atoms with Crippen molar-refractivity contribution in [3.8, 4) is 11.4 Å². The normalized spacial score (nSPS) is 14.7. The minimum absolute atomic E-state index is 0.0607. The molecule has 0 aliphatic carbocycles. The average molecular weight is 460 g/mol. The van der Waals surface area contributed by atoms with Gasteiger partial charge in [-0.25, -0.2) is 9.97 Å². The summed E-state index contributed by atoms with van der Waals surface area (Å²) in [5.41, 5.74) is 2.32. The summed E-state index contributed by atoms with van der Waals surface area (Å²) in [6, 6.07) is 8.64. The second kappa shape index (κ2) is 9.21. The van der Waals surface area contributed by atoms with E-state index in [1.807, 2.05) is 6.92 Å². The van der Waals surface area contributed by atoms with E-state index in [1.165, 1.54) is 6.42 Å². The van der Waals surface area contributed by atoms with Gasteiger partial charge in [0.15, 0.2) is 0 Å². The largest absolute Gasteiger partial charge is 0.347 e. The van der Waals surface area contributed by atoms with Gasteiger partial charge in [0, 0.05) is 41.6 Å². The predicted octanol–water partition coefficient (Wildman–Crippen LogP) is 3.75. The second-order valence-electron chi connectivity index (χ2n) is 7.62. The fraction of sp³-hybridized carbons (Fsp3) is 0.333. The Labute approximate surface area is 190 Å². The van der Waals surface area contributed by atoms with E-state index in [0.717, 1.165) is 19.6 Å². The van der Waals surface area contributed by atoms with Crippen LogP contribution in [0.3, 0.4) is 0 Å². The van der Waals surface area contributed by atoms with Crippen molar-refractivity contribution < 1.29 is 4.79 Å². The Kier molecular flexibility index (Phi) is 6.41. The van der Waals surface area contributed by atoms with Crippen molar-refractivity contribution in [2.45, 2.75) is 19.4 Å². The first-order valence-electron chi connectivity index (χ1n) is 10.0. The Hall–Kier alpha value is -2.68. The van der Waals surface area contributed by atoms with Gasteiger partial charge in [-0.1, -0.05) is 23.2 Å². The number of hydrogen-bond donors (Lipinski definition) is 2. The van der Waals surface area contributed by atoms with Gasteiger partial charge in [0.1, 0.15) is 11.4 Å². The van der Waals surface area contributed by atoms with E-state index < -0.39 is 0 Å². The maximum Gasteiger partial charge on any atom is 0.269 e. The highest BCUT2D eigenvalue weighted by Crippen LogP contribution is 2.25. The Morgan fingerprint density at radius 1 is 1.16 bits per heavy atom. The van der Waals surface area contributed by atoms with Gasteiger partial charge in [-0.3, -0.25) is 9.48 Å². The second-order valence-corrected chi connectivity index (χ2v) is 8.49. The van der Waals surface area contributed by atoms with E-state index in [4.69, 9.17) is 23.2 Å². The number of rotatable bonds is 7. The van der Waals surface area contributed by atoms with E-state index >= 15 is 0 Å². The molecular formula is C21H23Cl2N7O. The van der Waals surface area contributed by atoms with E-state index in [0.29, 0.717) is 38.8 Å². The van der Waals surface area contributed by atoms with Gasteiger partial charge in [0.25, 0.3) is 5.91 Å². The number of amides is 1. The molecule has 1 aliphatic heterocycles. The van der Waals surface area contributed by atoms with Crippen LogP contribution in [0.1, 0.15) is 23.8 Å². The number of carbonyl (C=O) groups excluding carboxylic acids is 1. The Morgan fingerprint density at radius 3 is 2.58 bits per heavy atom. The molecule has 31 heavy (non-hydrogen) atoms. The first kappa shape index (κ1) is 21.5. The van der Waals surface area contributed by atoms with Crippen LogP contribution in [0.4, 0.5) is 11.6 Å². The van der Waals surface area contributed by atoms with Crippen molar-refractivity contribution in [3.05, 3.63) is 52.3 Å². The maximum atomic E-state index is 12.7. The van der Waals surface area contributed by atoms with E-state index in [9.17, 15) is 4.79 Å². The summed E-state index contributed by atoms with van der Waals surface area (Å²) in [6.45, 7) is 5.06. The molecule has 2 aromatic heterocycles. The zero-order valence-electron chi connectivity index (χ0n) is 17.3. The molecule has 0 spiro atoms. The molecule has 1 aliphatic rings. The highest BCUT2D eigenvalue weighted by atomic mass is 35.5. The quantitative estimate of drug-likeness (QED) is 0.559. The van der Waals surface area contributed by atoms with E-state index in [2.05, 4.69) is 30.6 Å². The summed E-state index contributed by atoms with van der Waals surface area (Å²) in [5.74, 6) is 0.214. The number of carbonyl (C=O) groups is 1. The molecule has 1 aromatic carbocycles. The molecule has 2 N–H and O–H groups in total. The van der Waals surface area contributed by atoms with E-state index in [1.54, 1.807) is 48.3 Å². The molecule has 1 amide bonds. The van der Waals surface area contributed by atoms with Crippen LogP contribution in [-0.4, -0.2) is 56.2 Å². The molecule has 0 bridgehead atoms. The number of nitrogens with one attached hydrogen (secondary N) is 2. The van der Waals surface area contributed by atoms with Crippen LogP contribution >= 0.6 is 23.2 Å². The van der Waals surface area contributed by atoms with Gasteiger partial charge in [0.05, 0.1) is 5.69 Å². The highest BCUT2D eigenvalue weighted by molar-refractivity contribution is 6.35. The first-order chi connectivity index (χ1) is 14.9. The lowest BCUT2D eigenvalue weighted by molar-refractivity contribution is 0.0905. The molecule has 1 atom stereocenters. The summed E-state index contributed by atoms with van der Waals surface area (Å²) < 4.78 is 1.56. The van der Waals surface area contributed by atoms with Crippen molar-refractivity contribution >= 4 is 40.7 Å². The lowest BCUT2D eigenvalue weighted by Gasteiger charge is -2.33. The molecule has 3 heterocycles. The van der Waals surface area contributed by atoms with Gasteiger partial charge in [-0.2, -0.15) is 5.10 Å². The van der Waals surface area contributed by atoms with Crippen molar-refractivity contribution in [2.75, 3.05) is 25.0 Å². The summed E-state index contributed by atoms with van der Waals surface area (Å²) in [7, 11) is 1.74. The molecule has 3 aromatic rings. The SMILES string of the molecule is C[C@@H](CN1CCC1)NC(=O)c1cc(-c2ccnc(Nc3cc(Cl)cc(Cl)c3)n2)nn1C. The van der Waals surface area contributed by atoms with Crippen LogP contribution in [0, 0.1) is 0 Å². The Bertz CT molecular complexity index is 1080. The molecular weight excluding hydrogens is 437 g/mol. The molecule has 1 fully saturated rings. The van der Waals surface area contributed by atoms with Gasteiger partial charge in [-0.05, 0) is 56.8 Å². The summed E-state index contributed by atoms with van der Waals surface area (Å²) >= 11 is 12.1. The number of likely N-dealkylation sites (tertiary alicyclic amines) is 1. The molecule has 1 saturated heterocycles. The third kappa shape index (κ3) is 5.33. The van der Waals surface area contributed by atoms with Gasteiger partial charge in [-0.15, -0.1) is 0 Å². The minimum Gasteiger partial charge on any atom is -0.347 e. The standard InChI is InChI=1S/C21H23Cl2N7O/c1-13(12-30-6-3-7-30)25-20(31)19-11-18(28-29(19)2)17-4-5-24-21(27-17)26-16-9-14(22)8-15(23)10-16/h4-5,8-11,13H,3,6-7,12H2,1-2H3,(H,25,31)(H,24,26,27)/t13-/m0/s1. The lowest BCUT2D eigenvalue weighted by atomic mass is 10.2. The number of halogens is 2. The van der Waals surface area contributed by atoms with Crippen LogP contribution in [0.5, 0.6) is 0 Å². The number of aryl methyl sites for hydroxylation is 1. The van der Waals surface area contributed by atoms with Crippen molar-refractivity contribution in [2.24, 2.45) is 7.05 Å². The number of hydrogen-bond acceptors (Lipinski definition) is 6. The molecule has 162 valence electrons. The fourth-order valence-corrected chi connectivity index (χ4v) is 3.94. The zero-order valence-corrected chi connectivity index (χ0v) is 18.8. The molecule has 10 heteroatoms. The number of nitrogens with zero attached hydrogens (tertiary/aromatic N) is 5. The van der Waals surface area contributed by atoms with Crippen molar-refractivity contribution in [3.63, 3.8) is 0 Å². The smallest absolute Gasteiger partial charge is 0.269 e. The van der Waals surface area contributed by atoms with Gasteiger partial charge in [0.2, 0.25) is 5.95 Å². The van der Waals surface area contributed by atoms with Gasteiger partial charge >= 0.3 is 0 Å². The molecule has 0 saturated carbocycles. The average Bonchev–Trinajstić information content (AvgIpc) is 3.06. The van der Waals surface area contributed by atoms with E-state index in [-0.39, 0.29) is 11.9 Å². The van der Waals surface area contributed by atoms with Crippen LogP contribution < -0.4 is 10.6 Å². The topological polar surface area (TPSA) is 88.0 Å². The predicted molar refractivity (Wildman–Crippen MR) is 122 cm³/mol. The third-order valence-corrected chi connectivity index (χ3v) is 5.44. The molecule has 8 nitrogen and oxygen atoms in total. The Morgan fingerprint density at radius 2 is 1.90 bits per heavy atom. The van der Waals surface area contributed by atoms with Crippen LogP contribution in [0.2, 0.25) is 10.0 Å². The van der Waals surface area contributed by atoms with Crippen molar-refractivity contribution in [1.82, 2.24) is 30.0 Å². The minimum atomic E-state index is -0.157. The third-order valence-electron chi connectivity index (χ3n) is 5.01. The number of benzene rings is 1. The summed E-state index contributed by atoms with van der Waals surface area (Å²) in [6.07, 6.45) is 2.85. The number of aromatic nitrogens is 4.